The molecule has 3 atom stereocenters. The van der Waals surface area contributed by atoms with Gasteiger partial charge in [0.2, 0.25) is 11.1 Å². The molecule has 2 unspecified atom stereocenters. The Hall–Kier alpha value is -3.92. The van der Waals surface area contributed by atoms with Crippen LogP contribution in [0.5, 0.6) is 0 Å². The van der Waals surface area contributed by atoms with Gasteiger partial charge in [-0.2, -0.15) is 0 Å². The number of amides is 4. The Bertz CT molecular complexity index is 1270. The molecule has 5 N–H and O–H groups in total. The normalized spacial score (nSPS) is 19.7. The van der Waals surface area contributed by atoms with E-state index in [0.717, 1.165) is 4.90 Å². The van der Waals surface area contributed by atoms with Crippen molar-refractivity contribution in [1.82, 2.24) is 35.7 Å². The first-order valence-corrected chi connectivity index (χ1v) is 12.4. The molecule has 188 valence electrons. The van der Waals surface area contributed by atoms with Gasteiger partial charge in [-0.25, -0.2) is 9.48 Å². The van der Waals surface area contributed by atoms with Gasteiger partial charge in [0.1, 0.15) is 23.2 Å². The number of hydrogen-bond acceptors (Lipinski definition) is 10. The number of primary amides is 1. The summed E-state index contributed by atoms with van der Waals surface area (Å²) in [7, 11) is 1.65. The van der Waals surface area contributed by atoms with E-state index in [1.807, 2.05) is 0 Å². The summed E-state index contributed by atoms with van der Waals surface area (Å²) in [4.78, 5) is 62.3. The Morgan fingerprint density at radius 1 is 1.28 bits per heavy atom. The molecule has 2 aromatic rings. The molecule has 1 aromatic carbocycles. The van der Waals surface area contributed by atoms with Crippen LogP contribution >= 0.6 is 23.5 Å². The summed E-state index contributed by atoms with van der Waals surface area (Å²) in [5.41, 5.74) is 5.76. The quantitative estimate of drug-likeness (QED) is 0.173. The van der Waals surface area contributed by atoms with E-state index >= 15 is 0 Å². The first-order valence-electron chi connectivity index (χ1n) is 10.4. The number of aromatic nitrogens is 4. The maximum Gasteiger partial charge on any atom is 0.352 e. The second-order valence-electron chi connectivity index (χ2n) is 7.71. The largest absolute Gasteiger partial charge is 0.477 e. The van der Waals surface area contributed by atoms with Crippen LogP contribution in [-0.2, 0) is 31.0 Å². The molecule has 0 bridgehead atoms. The molecular weight excluding hydrogens is 512 g/mol. The van der Waals surface area contributed by atoms with Crippen LogP contribution in [0.1, 0.15) is 11.6 Å². The van der Waals surface area contributed by atoms with E-state index in [1.54, 1.807) is 37.4 Å². The van der Waals surface area contributed by atoms with E-state index in [2.05, 4.69) is 26.2 Å². The van der Waals surface area contributed by atoms with Gasteiger partial charge in [-0.15, -0.1) is 16.9 Å². The first-order chi connectivity index (χ1) is 17.2. The summed E-state index contributed by atoms with van der Waals surface area (Å²) in [6, 6.07) is 5.81. The molecule has 2 aliphatic rings. The van der Waals surface area contributed by atoms with Gasteiger partial charge < -0.3 is 21.5 Å². The highest BCUT2D eigenvalue weighted by Gasteiger charge is 2.54. The number of β-lactam (4-membered cyclic amide) rings is 1. The second kappa shape index (κ2) is 10.4. The zero-order valence-electron chi connectivity index (χ0n) is 18.7. The van der Waals surface area contributed by atoms with Gasteiger partial charge in [0.15, 0.2) is 0 Å². The lowest BCUT2D eigenvalue weighted by Crippen LogP contribution is -2.71. The van der Waals surface area contributed by atoms with Crippen LogP contribution in [-0.4, -0.2) is 82.7 Å². The molecule has 0 spiro atoms. The standard InChI is InChI=1S/C20H20N8O6S2/c1-27-20(24-25-26-27)36-8-10-7-35-18-12(17(32)28(18)13(10)19(33)34)23-15(30)11(22-16(31)14(21)29)9-5-3-2-4-6-9/h2-6,11-12,18H,7-8H2,1H3,(H2,21,29)(H,22,31)(H,23,30)(H,33,34)/t11?,12-,18?/m0/s1. The van der Waals surface area contributed by atoms with Crippen LogP contribution in [0, 0.1) is 0 Å². The minimum absolute atomic E-state index is 0.140. The molecule has 4 rings (SSSR count). The lowest BCUT2D eigenvalue weighted by Gasteiger charge is -2.49. The predicted molar refractivity (Wildman–Crippen MR) is 126 cm³/mol. The molecule has 1 saturated heterocycles. The van der Waals surface area contributed by atoms with Gasteiger partial charge in [-0.3, -0.25) is 24.1 Å². The van der Waals surface area contributed by atoms with Crippen molar-refractivity contribution < 1.29 is 29.1 Å². The van der Waals surface area contributed by atoms with Crippen molar-refractivity contribution in [3.8, 4) is 0 Å². The van der Waals surface area contributed by atoms with Gasteiger partial charge in [0.25, 0.3) is 5.91 Å². The maximum absolute atomic E-state index is 13.1. The van der Waals surface area contributed by atoms with Crippen molar-refractivity contribution in [1.29, 1.82) is 0 Å². The van der Waals surface area contributed by atoms with Crippen molar-refractivity contribution >= 4 is 53.1 Å². The number of aryl methyl sites for hydroxylation is 1. The number of carboxylic acid groups (broad SMARTS) is 1. The van der Waals surface area contributed by atoms with Crippen LogP contribution in [0.3, 0.4) is 0 Å². The molecule has 0 radical (unpaired) electrons. The zero-order valence-corrected chi connectivity index (χ0v) is 20.3. The molecule has 1 aromatic heterocycles. The highest BCUT2D eigenvalue weighted by atomic mass is 32.2. The number of thioether (sulfide) groups is 2. The number of fused-ring (bicyclic) bond motifs is 1. The van der Waals surface area contributed by atoms with Gasteiger partial charge in [0.05, 0.1) is 0 Å². The first kappa shape index (κ1) is 25.2. The van der Waals surface area contributed by atoms with Crippen molar-refractivity contribution in [2.24, 2.45) is 12.8 Å². The number of hydrogen-bond donors (Lipinski definition) is 4. The van der Waals surface area contributed by atoms with E-state index in [9.17, 15) is 29.1 Å². The summed E-state index contributed by atoms with van der Waals surface area (Å²) < 4.78 is 1.45. The molecule has 4 amide bonds. The number of carbonyl (C=O) groups excluding carboxylic acids is 4. The average Bonchev–Trinajstić information content (AvgIpc) is 3.28. The number of nitrogens with two attached hydrogens (primary N) is 1. The summed E-state index contributed by atoms with van der Waals surface area (Å²) in [5, 5.41) is 25.6. The molecular formula is C20H20N8O6S2. The molecule has 36 heavy (non-hydrogen) atoms. The van der Waals surface area contributed by atoms with Crippen LogP contribution in [0.4, 0.5) is 0 Å². The number of tetrazole rings is 1. The topological polar surface area (TPSA) is 202 Å². The number of carbonyl (C=O) groups is 5. The Morgan fingerprint density at radius 2 is 2.00 bits per heavy atom. The SMILES string of the molecule is Cn1nnnc1SCC1=C(C(=O)O)N2C(=O)[C@H](NC(=O)C(NC(=O)C(N)=O)c3ccccc3)C2SC1. The minimum atomic E-state index is -1.29. The van der Waals surface area contributed by atoms with E-state index in [0.29, 0.717) is 22.0 Å². The molecule has 2 aliphatic heterocycles. The van der Waals surface area contributed by atoms with E-state index < -0.39 is 47.1 Å². The number of rotatable bonds is 8. The van der Waals surface area contributed by atoms with E-state index in [-0.39, 0.29) is 11.4 Å². The Morgan fingerprint density at radius 3 is 2.61 bits per heavy atom. The predicted octanol–water partition coefficient (Wildman–Crippen LogP) is -1.62. The number of nitrogens with zero attached hydrogens (tertiary/aromatic N) is 5. The Balaban J connectivity index is 1.50. The molecule has 3 heterocycles. The van der Waals surface area contributed by atoms with Crippen molar-refractivity contribution in [3.05, 3.63) is 47.2 Å². The monoisotopic (exact) mass is 532 g/mol. The molecule has 16 heteroatoms. The van der Waals surface area contributed by atoms with Gasteiger partial charge in [-0.05, 0) is 21.6 Å². The fraction of sp³-hybridized carbons (Fsp3) is 0.300. The van der Waals surface area contributed by atoms with E-state index in [1.165, 1.54) is 28.2 Å². The number of benzene rings is 1. The molecule has 14 nitrogen and oxygen atoms in total. The van der Waals surface area contributed by atoms with Gasteiger partial charge >= 0.3 is 17.8 Å². The second-order valence-corrected chi connectivity index (χ2v) is 9.76. The maximum atomic E-state index is 13.1. The highest BCUT2D eigenvalue weighted by Crippen LogP contribution is 2.41. The molecule has 1 fully saturated rings. The third-order valence-electron chi connectivity index (χ3n) is 5.40. The Kier molecular flexibility index (Phi) is 7.25. The zero-order chi connectivity index (χ0) is 26.0. The summed E-state index contributed by atoms with van der Waals surface area (Å²) >= 11 is 2.54. The smallest absolute Gasteiger partial charge is 0.352 e. The third kappa shape index (κ3) is 4.90. The van der Waals surface area contributed by atoms with Crippen LogP contribution in [0.15, 0.2) is 46.8 Å². The number of aliphatic carboxylic acids is 1. The lowest BCUT2D eigenvalue weighted by molar-refractivity contribution is -0.151. The van der Waals surface area contributed by atoms with Crippen LogP contribution in [0.2, 0.25) is 0 Å². The minimum Gasteiger partial charge on any atom is -0.477 e. The van der Waals surface area contributed by atoms with Crippen LogP contribution in [0.25, 0.3) is 0 Å². The van der Waals surface area contributed by atoms with Gasteiger partial charge in [-0.1, -0.05) is 42.1 Å². The van der Waals surface area contributed by atoms with E-state index in [4.69, 9.17) is 5.73 Å². The third-order valence-corrected chi connectivity index (χ3v) is 7.84. The number of carboxylic acids is 1. The molecule has 0 saturated carbocycles. The highest BCUT2D eigenvalue weighted by molar-refractivity contribution is 8.01. The summed E-state index contributed by atoms with van der Waals surface area (Å²) in [5.74, 6) is -4.48. The van der Waals surface area contributed by atoms with Gasteiger partial charge in [0, 0.05) is 18.6 Å². The molecule has 0 aliphatic carbocycles. The fourth-order valence-electron chi connectivity index (χ4n) is 3.67. The Labute approximate surface area is 212 Å². The van der Waals surface area contributed by atoms with Crippen molar-refractivity contribution in [2.45, 2.75) is 22.6 Å². The summed E-state index contributed by atoms with van der Waals surface area (Å²) in [6.45, 7) is 0. The van der Waals surface area contributed by atoms with Crippen molar-refractivity contribution in [2.75, 3.05) is 11.5 Å². The summed E-state index contributed by atoms with van der Waals surface area (Å²) in [6.07, 6.45) is 0. The van der Waals surface area contributed by atoms with Crippen molar-refractivity contribution in [3.63, 3.8) is 0 Å². The fourth-order valence-corrected chi connectivity index (χ4v) is 6.01. The lowest BCUT2D eigenvalue weighted by atomic mass is 10.0. The number of nitrogens with one attached hydrogen (secondary N) is 2. The average molecular weight is 533 g/mol. The van der Waals surface area contributed by atoms with Crippen LogP contribution < -0.4 is 16.4 Å².